The molecule has 0 saturated carbocycles. The van der Waals surface area contributed by atoms with Crippen molar-refractivity contribution >= 4 is 17.7 Å². The van der Waals surface area contributed by atoms with Gasteiger partial charge in [0.05, 0.1) is 0 Å². The maximum absolute atomic E-state index is 12.5. The van der Waals surface area contributed by atoms with Gasteiger partial charge in [-0.1, -0.05) is 11.6 Å². The van der Waals surface area contributed by atoms with Crippen LogP contribution in [0.4, 0.5) is 4.79 Å². The van der Waals surface area contributed by atoms with Gasteiger partial charge in [-0.3, -0.25) is 0 Å². The van der Waals surface area contributed by atoms with Crippen LogP contribution in [0.5, 0.6) is 5.88 Å². The van der Waals surface area contributed by atoms with E-state index in [0.717, 1.165) is 31.2 Å². The Balaban J connectivity index is 1.67. The second kappa shape index (κ2) is 6.39. The van der Waals surface area contributed by atoms with Gasteiger partial charge in [0.1, 0.15) is 23.2 Å². The normalized spacial score (nSPS) is 26.4. The van der Waals surface area contributed by atoms with Crippen molar-refractivity contribution in [1.82, 2.24) is 14.9 Å². The number of halogens is 1. The third-order valence-corrected chi connectivity index (χ3v) is 4.93. The minimum atomic E-state index is -0.474. The first-order valence-corrected chi connectivity index (χ1v) is 8.77. The van der Waals surface area contributed by atoms with Crippen molar-refractivity contribution in [3.05, 3.63) is 17.0 Å². The van der Waals surface area contributed by atoms with Crippen molar-refractivity contribution in [3.8, 4) is 5.88 Å². The van der Waals surface area contributed by atoms with Crippen molar-refractivity contribution in [3.63, 3.8) is 0 Å². The molecule has 2 aliphatic rings. The zero-order valence-electron chi connectivity index (χ0n) is 14.6. The number of aromatic nitrogens is 2. The highest BCUT2D eigenvalue weighted by Crippen LogP contribution is 2.38. The first kappa shape index (κ1) is 17.3. The molecule has 0 aliphatic carbocycles. The molecule has 3 rings (SSSR count). The van der Waals surface area contributed by atoms with Crippen LogP contribution in [0.3, 0.4) is 0 Å². The van der Waals surface area contributed by atoms with Gasteiger partial charge in [-0.15, -0.1) is 0 Å². The van der Waals surface area contributed by atoms with Gasteiger partial charge in [0.25, 0.3) is 0 Å². The van der Waals surface area contributed by atoms with Crippen LogP contribution in [0.25, 0.3) is 0 Å². The number of nitrogens with zero attached hydrogens (tertiary/aromatic N) is 3. The van der Waals surface area contributed by atoms with Gasteiger partial charge in [-0.05, 0) is 40.5 Å². The molecule has 0 aromatic carbocycles. The van der Waals surface area contributed by atoms with Gasteiger partial charge < -0.3 is 14.4 Å². The van der Waals surface area contributed by atoms with E-state index in [1.165, 1.54) is 6.33 Å². The maximum atomic E-state index is 12.5. The van der Waals surface area contributed by atoms with E-state index >= 15 is 0 Å². The Morgan fingerprint density at radius 3 is 2.46 bits per heavy atom. The number of piperidine rings is 1. The van der Waals surface area contributed by atoms with E-state index in [-0.39, 0.29) is 24.3 Å². The van der Waals surface area contributed by atoms with Crippen molar-refractivity contribution in [2.75, 3.05) is 0 Å². The van der Waals surface area contributed by atoms with Gasteiger partial charge in [-0.2, -0.15) is 0 Å². The lowest BCUT2D eigenvalue weighted by molar-refractivity contribution is -0.00770. The smallest absolute Gasteiger partial charge is 0.410 e. The Kier molecular flexibility index (Phi) is 4.60. The Bertz CT molecular complexity index is 618. The maximum Gasteiger partial charge on any atom is 0.410 e. The quantitative estimate of drug-likeness (QED) is 0.757. The fourth-order valence-corrected chi connectivity index (χ4v) is 3.65. The summed E-state index contributed by atoms with van der Waals surface area (Å²) in [6.07, 6.45) is 4.80. The zero-order valence-corrected chi connectivity index (χ0v) is 15.3. The highest BCUT2D eigenvalue weighted by Gasteiger charge is 2.45. The summed E-state index contributed by atoms with van der Waals surface area (Å²) in [6.45, 7) is 7.53. The summed E-state index contributed by atoms with van der Waals surface area (Å²) < 4.78 is 11.6. The number of ether oxygens (including phenoxy) is 2. The molecule has 7 heteroatoms. The lowest BCUT2D eigenvalue weighted by atomic mass is 10.00. The summed E-state index contributed by atoms with van der Waals surface area (Å²) in [7, 11) is 0. The summed E-state index contributed by atoms with van der Waals surface area (Å²) >= 11 is 6.03. The second-order valence-electron chi connectivity index (χ2n) is 7.58. The molecule has 1 aromatic heterocycles. The second-order valence-corrected chi connectivity index (χ2v) is 7.94. The number of fused-ring (bicyclic) bond motifs is 2. The Labute approximate surface area is 147 Å². The predicted molar refractivity (Wildman–Crippen MR) is 90.3 cm³/mol. The number of carbonyl (C=O) groups is 1. The number of carbonyl (C=O) groups excluding carboxylic acids is 1. The van der Waals surface area contributed by atoms with E-state index in [4.69, 9.17) is 21.1 Å². The molecule has 0 N–H and O–H groups in total. The zero-order chi connectivity index (χ0) is 17.5. The highest BCUT2D eigenvalue weighted by molar-refractivity contribution is 6.30. The average molecular weight is 354 g/mol. The van der Waals surface area contributed by atoms with E-state index in [1.54, 1.807) is 0 Å². The molecule has 1 aromatic rings. The van der Waals surface area contributed by atoms with Gasteiger partial charge in [0.15, 0.2) is 0 Å². The standard InChI is InChI=1S/C17H24ClN3O3/c1-10-14(18)19-9-20-15(10)23-13-7-11-5-6-12(8-13)21(11)16(22)24-17(2,3)4/h9,11-13H,5-8H2,1-4H3/t11-,12?,13+/m0/s1. The van der Waals surface area contributed by atoms with E-state index in [0.29, 0.717) is 11.0 Å². The molecule has 1 unspecified atom stereocenters. The van der Waals surface area contributed by atoms with Gasteiger partial charge in [0, 0.05) is 30.5 Å². The number of rotatable bonds is 2. The van der Waals surface area contributed by atoms with E-state index in [2.05, 4.69) is 9.97 Å². The van der Waals surface area contributed by atoms with Crippen LogP contribution in [0.1, 0.15) is 52.0 Å². The molecule has 3 heterocycles. The third kappa shape index (κ3) is 3.58. The van der Waals surface area contributed by atoms with E-state index in [1.807, 2.05) is 32.6 Å². The van der Waals surface area contributed by atoms with Crippen LogP contribution in [-0.4, -0.2) is 44.7 Å². The fraction of sp³-hybridized carbons (Fsp3) is 0.706. The van der Waals surface area contributed by atoms with E-state index in [9.17, 15) is 4.79 Å². The van der Waals surface area contributed by atoms with Crippen LogP contribution in [0.15, 0.2) is 6.33 Å². The summed E-state index contributed by atoms with van der Waals surface area (Å²) in [5.41, 5.74) is 0.277. The van der Waals surface area contributed by atoms with Crippen LogP contribution in [0, 0.1) is 6.92 Å². The molecule has 6 nitrogen and oxygen atoms in total. The lowest BCUT2D eigenvalue weighted by Gasteiger charge is -2.39. The third-order valence-electron chi connectivity index (χ3n) is 4.55. The Morgan fingerprint density at radius 2 is 1.88 bits per heavy atom. The molecule has 24 heavy (non-hydrogen) atoms. The monoisotopic (exact) mass is 353 g/mol. The predicted octanol–water partition coefficient (Wildman–Crippen LogP) is 3.75. The Hall–Kier alpha value is -1.56. The summed E-state index contributed by atoms with van der Waals surface area (Å²) in [5.74, 6) is 0.533. The molecule has 2 fully saturated rings. The van der Waals surface area contributed by atoms with Crippen molar-refractivity contribution in [2.45, 2.75) is 77.2 Å². The largest absolute Gasteiger partial charge is 0.474 e. The molecular weight excluding hydrogens is 330 g/mol. The molecule has 2 saturated heterocycles. The first-order chi connectivity index (χ1) is 11.2. The lowest BCUT2D eigenvalue weighted by Crippen LogP contribution is -2.50. The molecule has 0 radical (unpaired) electrons. The molecular formula is C17H24ClN3O3. The highest BCUT2D eigenvalue weighted by atomic mass is 35.5. The minimum absolute atomic E-state index is 0.0332. The molecule has 3 atom stereocenters. The fourth-order valence-electron chi connectivity index (χ4n) is 3.53. The summed E-state index contributed by atoms with van der Waals surface area (Å²) in [4.78, 5) is 22.5. The number of hydrogen-bond donors (Lipinski definition) is 0. The van der Waals surface area contributed by atoms with Crippen LogP contribution in [-0.2, 0) is 4.74 Å². The Morgan fingerprint density at radius 1 is 1.25 bits per heavy atom. The van der Waals surface area contributed by atoms with Crippen LogP contribution in [0.2, 0.25) is 5.15 Å². The van der Waals surface area contributed by atoms with E-state index < -0.39 is 5.60 Å². The number of hydrogen-bond acceptors (Lipinski definition) is 5. The molecule has 0 spiro atoms. The summed E-state index contributed by atoms with van der Waals surface area (Å²) in [5, 5.41) is 0.411. The average Bonchev–Trinajstić information content (AvgIpc) is 2.74. The van der Waals surface area contributed by atoms with Gasteiger partial charge in [-0.25, -0.2) is 14.8 Å². The van der Waals surface area contributed by atoms with Crippen molar-refractivity contribution in [1.29, 1.82) is 0 Å². The van der Waals surface area contributed by atoms with Gasteiger partial charge >= 0.3 is 6.09 Å². The molecule has 1 amide bonds. The molecule has 2 aliphatic heterocycles. The first-order valence-electron chi connectivity index (χ1n) is 8.39. The molecule has 132 valence electrons. The minimum Gasteiger partial charge on any atom is -0.474 e. The number of amides is 1. The summed E-state index contributed by atoms with van der Waals surface area (Å²) in [6, 6.07) is 0.336. The van der Waals surface area contributed by atoms with Crippen LogP contribution >= 0.6 is 11.6 Å². The molecule has 2 bridgehead atoms. The van der Waals surface area contributed by atoms with Crippen molar-refractivity contribution in [2.24, 2.45) is 0 Å². The SMILES string of the molecule is Cc1c(Cl)ncnc1O[C@H]1CC2CC[C@@H](C1)N2C(=O)OC(C)(C)C. The topological polar surface area (TPSA) is 64.6 Å². The van der Waals surface area contributed by atoms with Gasteiger partial charge in [0.2, 0.25) is 5.88 Å². The van der Waals surface area contributed by atoms with Crippen molar-refractivity contribution < 1.29 is 14.3 Å². The van der Waals surface area contributed by atoms with Crippen LogP contribution < -0.4 is 4.74 Å².